The summed E-state index contributed by atoms with van der Waals surface area (Å²) in [5.41, 5.74) is 12.7. The maximum Gasteiger partial charge on any atom is 0.224 e. The summed E-state index contributed by atoms with van der Waals surface area (Å²) < 4.78 is 19.3. The Kier molecular flexibility index (Phi) is 5.70. The fourth-order valence-electron chi connectivity index (χ4n) is 7.12. The number of hydrogen-bond acceptors (Lipinski definition) is 0. The Labute approximate surface area is 241 Å². The van der Waals surface area contributed by atoms with Crippen molar-refractivity contribution in [3.8, 4) is 11.1 Å². The van der Waals surface area contributed by atoms with E-state index in [1.165, 1.54) is 66.1 Å². The molecular formula is C38H38FN2+. The molecule has 0 atom stereocenters. The number of aromatic nitrogens is 2. The van der Waals surface area contributed by atoms with E-state index in [0.717, 1.165) is 16.3 Å². The lowest BCUT2D eigenvalue weighted by Crippen LogP contribution is -2.28. The average molecular weight is 542 g/mol. The van der Waals surface area contributed by atoms with Gasteiger partial charge in [-0.15, -0.1) is 0 Å². The van der Waals surface area contributed by atoms with Gasteiger partial charge in [-0.05, 0) is 93.8 Å². The molecule has 0 aliphatic rings. The van der Waals surface area contributed by atoms with Gasteiger partial charge in [0.05, 0.1) is 27.3 Å². The summed E-state index contributed by atoms with van der Waals surface area (Å²) in [7, 11) is 2.14. The van der Waals surface area contributed by atoms with Gasteiger partial charge in [0.1, 0.15) is 12.9 Å². The van der Waals surface area contributed by atoms with Crippen LogP contribution in [0.2, 0.25) is 0 Å². The molecule has 0 amide bonds. The summed E-state index contributed by atoms with van der Waals surface area (Å²) in [5, 5.41) is 5.77. The Balaban J connectivity index is 1.74. The lowest BCUT2D eigenvalue weighted by atomic mass is 9.81. The van der Waals surface area contributed by atoms with Crippen LogP contribution < -0.4 is 4.57 Å². The second-order valence-electron chi connectivity index (χ2n) is 12.9. The Morgan fingerprint density at radius 1 is 0.707 bits per heavy atom. The molecule has 3 heterocycles. The van der Waals surface area contributed by atoms with Crippen LogP contribution in [0.3, 0.4) is 0 Å². The highest BCUT2D eigenvalue weighted by atomic mass is 19.1. The van der Waals surface area contributed by atoms with Crippen LogP contribution in [0.4, 0.5) is 4.39 Å². The highest BCUT2D eigenvalue weighted by molar-refractivity contribution is 6.26. The molecule has 0 aliphatic carbocycles. The van der Waals surface area contributed by atoms with Crippen LogP contribution in [-0.4, -0.2) is 4.40 Å². The summed E-state index contributed by atoms with van der Waals surface area (Å²) in [5.74, 6) is 1.05. The van der Waals surface area contributed by atoms with Crippen molar-refractivity contribution in [1.82, 2.24) is 4.40 Å². The molecule has 3 aromatic heterocycles. The predicted molar refractivity (Wildman–Crippen MR) is 172 cm³/mol. The van der Waals surface area contributed by atoms with Crippen molar-refractivity contribution in [3.05, 3.63) is 94.9 Å². The Bertz CT molecular complexity index is 2130. The smallest absolute Gasteiger partial charge is 0.224 e. The third-order valence-corrected chi connectivity index (χ3v) is 9.21. The maximum absolute atomic E-state index is 14.6. The van der Waals surface area contributed by atoms with E-state index in [0.29, 0.717) is 17.8 Å². The highest BCUT2D eigenvalue weighted by Crippen LogP contribution is 2.44. The molecule has 0 N–H and O–H groups in total. The van der Waals surface area contributed by atoms with Crippen molar-refractivity contribution < 1.29 is 8.96 Å². The molecule has 0 fully saturated rings. The summed E-state index contributed by atoms with van der Waals surface area (Å²) in [4.78, 5) is 0. The molecule has 0 bridgehead atoms. The SMILES string of the molecule is Cc1ccc2c3cc(F)ccc3n3c4cc(-c5c(C(C)C)cc(C(C)C)cc5C(C)C)cc5cc[n+](C)c(c1c23)c54. The zero-order chi connectivity index (χ0) is 28.9. The summed E-state index contributed by atoms with van der Waals surface area (Å²) >= 11 is 0. The first-order valence-electron chi connectivity index (χ1n) is 14.9. The molecule has 0 spiro atoms. The number of rotatable bonds is 4. The van der Waals surface area contributed by atoms with Gasteiger partial charge in [-0.1, -0.05) is 65.8 Å². The van der Waals surface area contributed by atoms with Crippen molar-refractivity contribution in [3.63, 3.8) is 0 Å². The molecule has 206 valence electrons. The van der Waals surface area contributed by atoms with Crippen LogP contribution in [0.15, 0.2) is 66.9 Å². The first kappa shape index (κ1) is 26.0. The Hall–Kier alpha value is -3.98. The van der Waals surface area contributed by atoms with E-state index in [-0.39, 0.29) is 5.82 Å². The average Bonchev–Trinajstić information content (AvgIpc) is 3.26. The zero-order valence-electron chi connectivity index (χ0n) is 25.4. The molecule has 4 aromatic carbocycles. The number of hydrogen-bond donors (Lipinski definition) is 0. The van der Waals surface area contributed by atoms with Crippen molar-refractivity contribution in [2.24, 2.45) is 7.05 Å². The van der Waals surface area contributed by atoms with Gasteiger partial charge < -0.3 is 4.40 Å². The van der Waals surface area contributed by atoms with Gasteiger partial charge in [0.2, 0.25) is 5.52 Å². The minimum atomic E-state index is -0.201. The Morgan fingerprint density at radius 3 is 2.07 bits per heavy atom. The maximum atomic E-state index is 14.6. The molecule has 3 heteroatoms. The number of aryl methyl sites for hydroxylation is 2. The molecule has 7 rings (SSSR count). The number of pyridine rings is 2. The van der Waals surface area contributed by atoms with E-state index >= 15 is 0 Å². The fourth-order valence-corrected chi connectivity index (χ4v) is 7.12. The van der Waals surface area contributed by atoms with E-state index in [9.17, 15) is 4.39 Å². The molecule has 0 saturated heterocycles. The first-order chi connectivity index (χ1) is 19.6. The second-order valence-corrected chi connectivity index (χ2v) is 12.9. The summed E-state index contributed by atoms with van der Waals surface area (Å²) in [6.07, 6.45) is 2.19. The van der Waals surface area contributed by atoms with E-state index in [1.54, 1.807) is 12.1 Å². The monoisotopic (exact) mass is 541 g/mol. The summed E-state index contributed by atoms with van der Waals surface area (Å²) in [6, 6.07) is 21.5. The van der Waals surface area contributed by atoms with Gasteiger partial charge in [-0.3, -0.25) is 0 Å². The Morgan fingerprint density at radius 2 is 1.41 bits per heavy atom. The highest BCUT2D eigenvalue weighted by Gasteiger charge is 2.26. The van der Waals surface area contributed by atoms with Gasteiger partial charge in [0, 0.05) is 16.8 Å². The number of halogens is 1. The van der Waals surface area contributed by atoms with Gasteiger partial charge >= 0.3 is 0 Å². The minimum absolute atomic E-state index is 0.201. The van der Waals surface area contributed by atoms with Crippen LogP contribution in [0.1, 0.15) is 81.5 Å². The normalized spacial score (nSPS) is 12.7. The van der Waals surface area contributed by atoms with Gasteiger partial charge in [0.25, 0.3) is 0 Å². The summed E-state index contributed by atoms with van der Waals surface area (Å²) in [6.45, 7) is 16.0. The van der Waals surface area contributed by atoms with E-state index in [4.69, 9.17) is 0 Å². The minimum Gasteiger partial charge on any atom is -0.307 e. The van der Waals surface area contributed by atoms with Crippen LogP contribution in [0, 0.1) is 12.7 Å². The first-order valence-corrected chi connectivity index (χ1v) is 14.9. The predicted octanol–water partition coefficient (Wildman–Crippen LogP) is 10.3. The van der Waals surface area contributed by atoms with Crippen molar-refractivity contribution >= 4 is 49.0 Å². The van der Waals surface area contributed by atoms with Gasteiger partial charge in [-0.25, -0.2) is 8.96 Å². The third-order valence-electron chi connectivity index (χ3n) is 9.21. The fraction of sp³-hybridized carbons (Fsp3) is 0.289. The quantitative estimate of drug-likeness (QED) is 0.119. The molecule has 41 heavy (non-hydrogen) atoms. The van der Waals surface area contributed by atoms with E-state index in [2.05, 4.69) is 113 Å². The number of fused-ring (bicyclic) bond motifs is 5. The second kappa shape index (κ2) is 9.01. The van der Waals surface area contributed by atoms with Gasteiger partial charge in [0.15, 0.2) is 6.20 Å². The standard InChI is InChI=1S/C38H38FN2/c1-20(2)25-16-29(21(3)4)35(30(17-25)22(5)6)26-15-24-13-14-40(8)38-34-23(7)9-11-28-31-19-27(39)10-12-32(31)41(37(28)34)33(18-26)36(24)38/h9-22H,1-8H3/q+1. The molecule has 0 radical (unpaired) electrons. The van der Waals surface area contributed by atoms with Crippen LogP contribution >= 0.6 is 0 Å². The topological polar surface area (TPSA) is 8.29 Å². The van der Waals surface area contributed by atoms with Crippen molar-refractivity contribution in [2.75, 3.05) is 0 Å². The molecule has 0 saturated carbocycles. The van der Waals surface area contributed by atoms with Crippen LogP contribution in [0.5, 0.6) is 0 Å². The van der Waals surface area contributed by atoms with Crippen LogP contribution in [0.25, 0.3) is 60.1 Å². The number of nitrogens with zero attached hydrogens (tertiary/aromatic N) is 2. The lowest BCUT2D eigenvalue weighted by Gasteiger charge is -2.24. The molecule has 0 aliphatic heterocycles. The van der Waals surface area contributed by atoms with E-state index in [1.807, 2.05) is 6.07 Å². The molecule has 7 aromatic rings. The van der Waals surface area contributed by atoms with Crippen molar-refractivity contribution in [1.29, 1.82) is 0 Å². The molecular weight excluding hydrogens is 503 g/mol. The van der Waals surface area contributed by atoms with Crippen LogP contribution in [-0.2, 0) is 7.05 Å². The molecule has 2 nitrogen and oxygen atoms in total. The number of benzene rings is 4. The third kappa shape index (κ3) is 3.64. The van der Waals surface area contributed by atoms with E-state index < -0.39 is 0 Å². The zero-order valence-corrected chi connectivity index (χ0v) is 25.4. The van der Waals surface area contributed by atoms with Crippen molar-refractivity contribution in [2.45, 2.75) is 66.2 Å². The lowest BCUT2D eigenvalue weighted by molar-refractivity contribution is -0.643. The largest absolute Gasteiger partial charge is 0.307 e. The van der Waals surface area contributed by atoms with Gasteiger partial charge in [-0.2, -0.15) is 0 Å². The molecule has 0 unspecified atom stereocenters.